The van der Waals surface area contributed by atoms with Gasteiger partial charge in [0, 0.05) is 17.1 Å². The van der Waals surface area contributed by atoms with E-state index < -0.39 is 24.8 Å². The molecule has 0 aromatic carbocycles. The van der Waals surface area contributed by atoms with Crippen LogP contribution in [0.1, 0.15) is 12.6 Å². The van der Waals surface area contributed by atoms with Crippen LogP contribution in [0.5, 0.6) is 0 Å². The van der Waals surface area contributed by atoms with E-state index in [-0.39, 0.29) is 6.61 Å². The molecule has 2 radical (unpaired) electrons. The van der Waals surface area contributed by atoms with Crippen molar-refractivity contribution in [2.75, 3.05) is 5.32 Å². The summed E-state index contributed by atoms with van der Waals surface area (Å²) in [5, 5.41) is 27.1. The molecule has 0 saturated heterocycles. The molecule has 9 nitrogen and oxygen atoms in total. The number of carbonyl (C=O) groups excluding carboxylic acids is 1. The van der Waals surface area contributed by atoms with E-state index in [1.807, 2.05) is 6.07 Å². The van der Waals surface area contributed by atoms with Gasteiger partial charge in [0.1, 0.15) is 31.3 Å². The van der Waals surface area contributed by atoms with Gasteiger partial charge in [0.15, 0.2) is 0 Å². The first-order valence-corrected chi connectivity index (χ1v) is 8.50. The van der Waals surface area contributed by atoms with E-state index in [0.717, 1.165) is 5.56 Å². The van der Waals surface area contributed by atoms with E-state index in [9.17, 15) is 9.90 Å². The third-order valence-corrected chi connectivity index (χ3v) is 3.89. The van der Waals surface area contributed by atoms with Crippen LogP contribution >= 0.6 is 11.3 Å². The molecule has 0 unspecified atom stereocenters. The zero-order valence-electron chi connectivity index (χ0n) is 14.2. The maximum atomic E-state index is 11.9. The summed E-state index contributed by atoms with van der Waals surface area (Å²) in [5.41, 5.74) is 1.45. The maximum absolute atomic E-state index is 11.9. The number of carbonyl (C=O) groups is 1. The van der Waals surface area contributed by atoms with Crippen LogP contribution in [0.25, 0.3) is 10.6 Å². The molecular formula is C14H16B2N5O4S-. The molecule has 1 amide bonds. The fourth-order valence-corrected chi connectivity index (χ4v) is 2.56. The lowest BCUT2D eigenvalue weighted by atomic mass is 9.92. The molecule has 3 N–H and O–H groups in total. The highest BCUT2D eigenvalue weighted by Gasteiger charge is 2.13. The van der Waals surface area contributed by atoms with Crippen molar-refractivity contribution in [3.05, 3.63) is 29.4 Å². The average molecular weight is 372 g/mol. The van der Waals surface area contributed by atoms with Crippen LogP contribution in [-0.2, 0) is 16.2 Å². The molecule has 0 aliphatic rings. The molecule has 2 aromatic rings. The predicted molar refractivity (Wildman–Crippen MR) is 98.4 cm³/mol. The molecule has 0 fully saturated rings. The van der Waals surface area contributed by atoms with E-state index in [1.54, 1.807) is 17.6 Å². The number of aromatic nitrogens is 2. The van der Waals surface area contributed by atoms with Gasteiger partial charge in [-0.3, -0.25) is 9.78 Å². The van der Waals surface area contributed by atoms with Crippen LogP contribution in [0, 0.1) is 0 Å². The Morgan fingerprint density at radius 3 is 2.96 bits per heavy atom. The molecule has 0 aliphatic carbocycles. The van der Waals surface area contributed by atoms with E-state index in [2.05, 4.69) is 25.7 Å². The van der Waals surface area contributed by atoms with Gasteiger partial charge in [0.05, 0.1) is 5.69 Å². The van der Waals surface area contributed by atoms with Crippen LogP contribution in [-0.4, -0.2) is 47.6 Å². The van der Waals surface area contributed by atoms with Crippen LogP contribution in [0.4, 0.5) is 5.82 Å². The SMILES string of the molecule is [B]C([O-])=N[C@@H](C)C(=O)Nc1csc(-c2ccc(CONB(C)O)nc2)n1. The smallest absolute Gasteiger partial charge is 0.398 e. The number of thiazole rings is 1. The Labute approximate surface area is 156 Å². The Kier molecular flexibility index (Phi) is 7.27. The summed E-state index contributed by atoms with van der Waals surface area (Å²) in [6.45, 7) is 3.20. The molecule has 0 spiro atoms. The van der Waals surface area contributed by atoms with Gasteiger partial charge in [-0.05, 0) is 25.9 Å². The fourth-order valence-electron chi connectivity index (χ4n) is 1.82. The van der Waals surface area contributed by atoms with Crippen LogP contribution < -0.4 is 15.8 Å². The second-order valence-electron chi connectivity index (χ2n) is 5.29. The quantitative estimate of drug-likeness (QED) is 0.248. The normalized spacial score (nSPS) is 12.7. The van der Waals surface area contributed by atoms with Gasteiger partial charge >= 0.3 is 7.05 Å². The first-order chi connectivity index (χ1) is 12.3. The summed E-state index contributed by atoms with van der Waals surface area (Å²) in [7, 11) is 4.16. The Morgan fingerprint density at radius 2 is 2.35 bits per heavy atom. The molecule has 2 aromatic heterocycles. The van der Waals surface area contributed by atoms with Crippen molar-refractivity contribution in [1.82, 2.24) is 15.4 Å². The van der Waals surface area contributed by atoms with Crippen LogP contribution in [0.3, 0.4) is 0 Å². The van der Waals surface area contributed by atoms with Crippen LogP contribution in [0.2, 0.25) is 6.82 Å². The summed E-state index contributed by atoms with van der Waals surface area (Å²) >= 11 is 1.33. The highest BCUT2D eigenvalue weighted by Crippen LogP contribution is 2.25. The number of amides is 1. The van der Waals surface area contributed by atoms with Crippen molar-refractivity contribution in [3.63, 3.8) is 0 Å². The molecule has 2 heterocycles. The summed E-state index contributed by atoms with van der Waals surface area (Å²) in [4.78, 5) is 28.9. The minimum absolute atomic E-state index is 0.200. The predicted octanol–water partition coefficient (Wildman–Crippen LogP) is -0.452. The second kappa shape index (κ2) is 9.43. The number of rotatable bonds is 8. The third-order valence-electron chi connectivity index (χ3n) is 3.00. The summed E-state index contributed by atoms with van der Waals surface area (Å²) in [6, 6.07) is 2.70. The van der Waals surface area contributed by atoms with Gasteiger partial charge in [0.25, 0.3) is 0 Å². The van der Waals surface area contributed by atoms with Crippen molar-refractivity contribution in [1.29, 1.82) is 0 Å². The largest absolute Gasteiger partial charge is 0.870 e. The summed E-state index contributed by atoms with van der Waals surface area (Å²) in [5.74, 6) is -1.02. The summed E-state index contributed by atoms with van der Waals surface area (Å²) < 4.78 is 0. The third kappa shape index (κ3) is 6.23. The Hall–Kier alpha value is -2.27. The number of anilines is 1. The standard InChI is InChI=1S/C14H17B2N5O4S/c1-8(18-14(15)23)12(22)19-11-7-26-13(20-11)9-3-4-10(17-5-9)6-25-21-16(2)24/h3-5,7-8,21,24H,6H2,1-2H3,(H,18,23)(H,19,22)/p-1/t8-/m0/s1. The lowest BCUT2D eigenvalue weighted by Gasteiger charge is -2.10. The number of aliphatic imine (C=N–C) groups is 1. The van der Waals surface area contributed by atoms with Crippen molar-refractivity contribution in [2.24, 2.45) is 4.99 Å². The monoisotopic (exact) mass is 372 g/mol. The first kappa shape index (κ1) is 20.0. The zero-order valence-corrected chi connectivity index (χ0v) is 15.0. The highest BCUT2D eigenvalue weighted by atomic mass is 32.1. The summed E-state index contributed by atoms with van der Waals surface area (Å²) in [6.07, 6.45) is 1.64. The van der Waals surface area contributed by atoms with Gasteiger partial charge in [0.2, 0.25) is 5.91 Å². The number of hydrogen-bond acceptors (Lipinski definition) is 9. The van der Waals surface area contributed by atoms with E-state index >= 15 is 0 Å². The van der Waals surface area contributed by atoms with Crippen LogP contribution in [0.15, 0.2) is 28.7 Å². The number of hydrogen-bond donors (Lipinski definition) is 3. The van der Waals surface area contributed by atoms with Gasteiger partial charge < -0.3 is 25.3 Å². The molecule has 0 aliphatic heterocycles. The van der Waals surface area contributed by atoms with Crippen molar-refractivity contribution in [3.8, 4) is 10.6 Å². The van der Waals surface area contributed by atoms with Gasteiger partial charge in [-0.15, -0.1) is 11.3 Å². The Bertz CT molecular complexity index is 765. The zero-order chi connectivity index (χ0) is 19.1. The molecule has 0 bridgehead atoms. The average Bonchev–Trinajstić information content (AvgIpc) is 3.03. The van der Waals surface area contributed by atoms with Gasteiger partial charge in [-0.1, -0.05) is 5.80 Å². The van der Waals surface area contributed by atoms with E-state index in [1.165, 1.54) is 25.1 Å². The second-order valence-corrected chi connectivity index (χ2v) is 6.15. The maximum Gasteiger partial charge on any atom is 0.398 e. The molecule has 134 valence electrons. The number of nitrogens with one attached hydrogen (secondary N) is 2. The first-order valence-electron chi connectivity index (χ1n) is 7.62. The number of nitrogens with zero attached hydrogens (tertiary/aromatic N) is 3. The van der Waals surface area contributed by atoms with Gasteiger partial charge in [-0.25, -0.2) is 10.4 Å². The molecule has 2 rings (SSSR count). The Balaban J connectivity index is 1.96. The molecule has 0 saturated carbocycles. The minimum atomic E-state index is -0.898. The lowest BCUT2D eigenvalue weighted by Crippen LogP contribution is -2.30. The van der Waals surface area contributed by atoms with Crippen molar-refractivity contribution >= 4 is 43.8 Å². The molecule has 12 heteroatoms. The van der Waals surface area contributed by atoms with Crippen molar-refractivity contribution in [2.45, 2.75) is 26.4 Å². The topological polar surface area (TPSA) is 132 Å². The number of pyridine rings is 1. The molecule has 26 heavy (non-hydrogen) atoms. The van der Waals surface area contributed by atoms with E-state index in [4.69, 9.17) is 17.7 Å². The lowest BCUT2D eigenvalue weighted by molar-refractivity contribution is -0.208. The fraction of sp³-hybridized carbons (Fsp3) is 0.286. The molecule has 1 atom stereocenters. The Morgan fingerprint density at radius 1 is 1.58 bits per heavy atom. The van der Waals surface area contributed by atoms with E-state index in [0.29, 0.717) is 16.5 Å². The van der Waals surface area contributed by atoms with Gasteiger partial charge in [-0.2, -0.15) is 0 Å². The van der Waals surface area contributed by atoms with Crippen molar-refractivity contribution < 1.29 is 19.8 Å². The molecular weight excluding hydrogens is 356 g/mol. The highest BCUT2D eigenvalue weighted by molar-refractivity contribution is 7.13. The minimum Gasteiger partial charge on any atom is -0.870 e.